The first-order valence-electron chi connectivity index (χ1n) is 10.5. The zero-order chi connectivity index (χ0) is 21.2. The van der Waals surface area contributed by atoms with Crippen molar-refractivity contribution in [1.29, 1.82) is 0 Å². The Morgan fingerprint density at radius 2 is 1.42 bits per heavy atom. The number of fused-ring (bicyclic) bond motifs is 1. The Bertz CT molecular complexity index is 1140. The van der Waals surface area contributed by atoms with Gasteiger partial charge in [-0.2, -0.15) is 0 Å². The summed E-state index contributed by atoms with van der Waals surface area (Å²) in [6, 6.07) is 24.9. The smallest absolute Gasteiger partial charge is 0.274 e. The molecule has 31 heavy (non-hydrogen) atoms. The molecule has 1 amide bonds. The van der Waals surface area contributed by atoms with Gasteiger partial charge in [0.15, 0.2) is 0 Å². The van der Waals surface area contributed by atoms with Crippen LogP contribution in [0, 0.1) is 0 Å². The van der Waals surface area contributed by atoms with Gasteiger partial charge in [0.05, 0.1) is 11.1 Å². The van der Waals surface area contributed by atoms with E-state index in [1.807, 2.05) is 23.1 Å². The third-order valence-corrected chi connectivity index (χ3v) is 6.05. The minimum Gasteiger partial charge on any atom is -0.335 e. The van der Waals surface area contributed by atoms with Crippen LogP contribution in [0.5, 0.6) is 0 Å². The number of halogens is 1. The number of imidazole rings is 1. The first-order valence-corrected chi connectivity index (χ1v) is 10.8. The van der Waals surface area contributed by atoms with Gasteiger partial charge in [-0.05, 0) is 23.3 Å². The SMILES string of the molecule is O=C(c1cn2cc(Cl)ccc2n1)N1CCN(C(c2ccccc2)c2ccccc2)CC1. The van der Waals surface area contributed by atoms with Crippen molar-refractivity contribution < 1.29 is 4.79 Å². The average molecular weight is 431 g/mol. The lowest BCUT2D eigenvalue weighted by Crippen LogP contribution is -2.50. The molecule has 5 rings (SSSR count). The lowest BCUT2D eigenvalue weighted by Gasteiger charge is -2.39. The van der Waals surface area contributed by atoms with Gasteiger partial charge in [0.1, 0.15) is 11.3 Å². The van der Waals surface area contributed by atoms with Gasteiger partial charge in [0.2, 0.25) is 0 Å². The van der Waals surface area contributed by atoms with Crippen molar-refractivity contribution in [1.82, 2.24) is 19.2 Å². The molecule has 2 aromatic carbocycles. The van der Waals surface area contributed by atoms with E-state index in [4.69, 9.17) is 11.6 Å². The number of benzene rings is 2. The zero-order valence-corrected chi connectivity index (χ0v) is 17.8. The van der Waals surface area contributed by atoms with Crippen LogP contribution in [0.15, 0.2) is 85.2 Å². The summed E-state index contributed by atoms with van der Waals surface area (Å²) in [7, 11) is 0. The molecule has 1 fully saturated rings. The van der Waals surface area contributed by atoms with E-state index in [2.05, 4.69) is 58.4 Å². The van der Waals surface area contributed by atoms with Gasteiger partial charge >= 0.3 is 0 Å². The monoisotopic (exact) mass is 430 g/mol. The average Bonchev–Trinajstić information content (AvgIpc) is 3.24. The topological polar surface area (TPSA) is 40.9 Å². The van der Waals surface area contributed by atoms with E-state index >= 15 is 0 Å². The van der Waals surface area contributed by atoms with Gasteiger partial charge in [0, 0.05) is 38.6 Å². The second-order valence-electron chi connectivity index (χ2n) is 7.79. The van der Waals surface area contributed by atoms with Crippen LogP contribution in [0.1, 0.15) is 27.7 Å². The summed E-state index contributed by atoms with van der Waals surface area (Å²) < 4.78 is 1.80. The standard InChI is InChI=1S/C25H23ClN4O/c26-21-11-12-23-27-22(18-30(23)17-21)25(31)29-15-13-28(14-16-29)24(19-7-3-1-4-8-19)20-9-5-2-6-10-20/h1-12,17-18,24H,13-16H2. The minimum atomic E-state index is -0.0320. The second kappa shape index (κ2) is 8.53. The molecule has 2 aromatic heterocycles. The molecule has 1 aliphatic rings. The highest BCUT2D eigenvalue weighted by atomic mass is 35.5. The lowest BCUT2D eigenvalue weighted by atomic mass is 9.96. The van der Waals surface area contributed by atoms with Crippen molar-refractivity contribution in [2.75, 3.05) is 26.2 Å². The normalized spacial score (nSPS) is 15.0. The Morgan fingerprint density at radius 1 is 0.806 bits per heavy atom. The molecule has 0 saturated carbocycles. The molecule has 0 bridgehead atoms. The van der Waals surface area contributed by atoms with Crippen LogP contribution in [0.4, 0.5) is 0 Å². The molecule has 0 spiro atoms. The van der Waals surface area contributed by atoms with Gasteiger partial charge in [-0.1, -0.05) is 72.3 Å². The number of pyridine rings is 1. The second-order valence-corrected chi connectivity index (χ2v) is 8.23. The number of carbonyl (C=O) groups is 1. The van der Waals surface area contributed by atoms with E-state index in [0.717, 1.165) is 18.7 Å². The van der Waals surface area contributed by atoms with E-state index < -0.39 is 0 Å². The highest BCUT2D eigenvalue weighted by molar-refractivity contribution is 6.30. The summed E-state index contributed by atoms with van der Waals surface area (Å²) >= 11 is 6.05. The number of hydrogen-bond donors (Lipinski definition) is 0. The lowest BCUT2D eigenvalue weighted by molar-refractivity contribution is 0.0592. The number of rotatable bonds is 4. The molecule has 4 aromatic rings. The maximum absolute atomic E-state index is 13.1. The van der Waals surface area contributed by atoms with Crippen molar-refractivity contribution in [3.8, 4) is 0 Å². The molecule has 0 radical (unpaired) electrons. The van der Waals surface area contributed by atoms with Crippen LogP contribution in [0.3, 0.4) is 0 Å². The van der Waals surface area contributed by atoms with E-state index in [1.54, 1.807) is 22.9 Å². The Morgan fingerprint density at radius 3 is 2.03 bits per heavy atom. The molecular formula is C25H23ClN4O. The fraction of sp³-hybridized carbons (Fsp3) is 0.200. The summed E-state index contributed by atoms with van der Waals surface area (Å²) in [5.74, 6) is -0.0320. The van der Waals surface area contributed by atoms with Crippen molar-refractivity contribution in [3.63, 3.8) is 0 Å². The van der Waals surface area contributed by atoms with Crippen molar-refractivity contribution in [2.24, 2.45) is 0 Å². The van der Waals surface area contributed by atoms with Crippen LogP contribution >= 0.6 is 11.6 Å². The van der Waals surface area contributed by atoms with Gasteiger partial charge in [-0.15, -0.1) is 0 Å². The fourth-order valence-electron chi connectivity index (χ4n) is 4.30. The maximum Gasteiger partial charge on any atom is 0.274 e. The highest BCUT2D eigenvalue weighted by Crippen LogP contribution is 2.29. The molecule has 0 aliphatic carbocycles. The number of hydrogen-bond acceptors (Lipinski definition) is 3. The van der Waals surface area contributed by atoms with Crippen molar-refractivity contribution in [3.05, 3.63) is 107 Å². The molecule has 1 aliphatic heterocycles. The third kappa shape index (κ3) is 4.07. The Labute approximate surface area is 186 Å². The van der Waals surface area contributed by atoms with Gasteiger partial charge in [-0.3, -0.25) is 9.69 Å². The summed E-state index contributed by atoms with van der Waals surface area (Å²) in [5, 5.41) is 0.616. The van der Waals surface area contributed by atoms with Crippen LogP contribution in [0.2, 0.25) is 5.02 Å². The number of carbonyl (C=O) groups excluding carboxylic acids is 1. The van der Waals surface area contributed by atoms with Gasteiger partial charge in [0.25, 0.3) is 5.91 Å². The largest absolute Gasteiger partial charge is 0.335 e. The molecule has 0 atom stereocenters. The van der Waals surface area contributed by atoms with Crippen molar-refractivity contribution >= 4 is 23.2 Å². The molecule has 3 heterocycles. The van der Waals surface area contributed by atoms with E-state index in [0.29, 0.717) is 23.8 Å². The molecule has 6 heteroatoms. The number of nitrogens with zero attached hydrogens (tertiary/aromatic N) is 4. The molecule has 0 N–H and O–H groups in total. The Balaban J connectivity index is 1.34. The number of amides is 1. The Hall–Kier alpha value is -3.15. The fourth-order valence-corrected chi connectivity index (χ4v) is 4.47. The van der Waals surface area contributed by atoms with Crippen LogP contribution in [-0.4, -0.2) is 51.3 Å². The predicted molar refractivity (Wildman–Crippen MR) is 122 cm³/mol. The van der Waals surface area contributed by atoms with E-state index in [9.17, 15) is 4.79 Å². The van der Waals surface area contributed by atoms with Crippen molar-refractivity contribution in [2.45, 2.75) is 6.04 Å². The molecule has 5 nitrogen and oxygen atoms in total. The summed E-state index contributed by atoms with van der Waals surface area (Å²) in [5.41, 5.74) is 3.72. The number of piperazine rings is 1. The molecule has 156 valence electrons. The van der Waals surface area contributed by atoms with Crippen LogP contribution in [0.25, 0.3) is 5.65 Å². The van der Waals surface area contributed by atoms with Crippen LogP contribution in [-0.2, 0) is 0 Å². The first-order chi connectivity index (χ1) is 15.2. The summed E-state index contributed by atoms with van der Waals surface area (Å²) in [6.07, 6.45) is 3.52. The maximum atomic E-state index is 13.1. The third-order valence-electron chi connectivity index (χ3n) is 5.83. The summed E-state index contributed by atoms with van der Waals surface area (Å²) in [6.45, 7) is 2.95. The quantitative estimate of drug-likeness (QED) is 0.477. The highest BCUT2D eigenvalue weighted by Gasteiger charge is 2.29. The number of aromatic nitrogens is 2. The molecule has 1 saturated heterocycles. The van der Waals surface area contributed by atoms with Gasteiger partial charge in [-0.25, -0.2) is 4.98 Å². The van der Waals surface area contributed by atoms with Crippen LogP contribution < -0.4 is 0 Å². The summed E-state index contributed by atoms with van der Waals surface area (Å²) in [4.78, 5) is 21.9. The minimum absolute atomic E-state index is 0.0320. The van der Waals surface area contributed by atoms with Gasteiger partial charge < -0.3 is 9.30 Å². The van der Waals surface area contributed by atoms with E-state index in [-0.39, 0.29) is 11.9 Å². The predicted octanol–water partition coefficient (Wildman–Crippen LogP) is 4.54. The zero-order valence-electron chi connectivity index (χ0n) is 17.1. The van der Waals surface area contributed by atoms with E-state index in [1.165, 1.54) is 11.1 Å². The first kappa shape index (κ1) is 19.8. The molecular weight excluding hydrogens is 408 g/mol. The Kier molecular flexibility index (Phi) is 5.45. The molecule has 0 unspecified atom stereocenters.